The van der Waals surface area contributed by atoms with E-state index in [1.165, 1.54) is 12.8 Å². The predicted molar refractivity (Wildman–Crippen MR) is 67.3 cm³/mol. The fourth-order valence-corrected chi connectivity index (χ4v) is 3.24. The molecule has 4 N–H and O–H groups in total. The first-order chi connectivity index (χ1) is 8.67. The van der Waals surface area contributed by atoms with E-state index in [4.69, 9.17) is 4.74 Å². The Labute approximate surface area is 108 Å². The molecule has 5 nitrogen and oxygen atoms in total. The number of ether oxygens (including phenoxy) is 1. The summed E-state index contributed by atoms with van der Waals surface area (Å²) in [5.41, 5.74) is -0.968. The summed E-state index contributed by atoms with van der Waals surface area (Å²) in [4.78, 5) is 0. The topological polar surface area (TPSA) is 82.0 Å². The molecule has 106 valence electrons. The summed E-state index contributed by atoms with van der Waals surface area (Å²) in [6.45, 7) is -0.0604. The first-order valence-electron chi connectivity index (χ1n) is 6.92. The zero-order valence-corrected chi connectivity index (χ0v) is 10.9. The zero-order chi connectivity index (χ0) is 13.1. The second kappa shape index (κ2) is 5.84. The van der Waals surface area contributed by atoms with Crippen LogP contribution in [-0.2, 0) is 4.74 Å². The van der Waals surface area contributed by atoms with Crippen LogP contribution in [0.15, 0.2) is 0 Å². The lowest BCUT2D eigenvalue weighted by atomic mass is 9.87. The van der Waals surface area contributed by atoms with Crippen molar-refractivity contribution in [3.63, 3.8) is 0 Å². The van der Waals surface area contributed by atoms with Crippen LogP contribution >= 0.6 is 0 Å². The van der Waals surface area contributed by atoms with Crippen molar-refractivity contribution in [1.82, 2.24) is 5.32 Å². The molecule has 0 aromatic heterocycles. The van der Waals surface area contributed by atoms with Crippen molar-refractivity contribution in [2.24, 2.45) is 0 Å². The minimum Gasteiger partial charge on any atom is -0.394 e. The normalized spacial score (nSPS) is 27.8. The smallest absolute Gasteiger partial charge is 0.0883 e. The van der Waals surface area contributed by atoms with Gasteiger partial charge in [-0.3, -0.25) is 0 Å². The molecule has 1 aliphatic carbocycles. The van der Waals surface area contributed by atoms with Crippen LogP contribution in [0.1, 0.15) is 38.5 Å². The first-order valence-corrected chi connectivity index (χ1v) is 6.92. The quantitative estimate of drug-likeness (QED) is 0.549. The van der Waals surface area contributed by atoms with Crippen molar-refractivity contribution < 1.29 is 20.1 Å². The second-order valence-corrected chi connectivity index (χ2v) is 5.83. The maximum atomic E-state index is 9.35. The molecule has 1 saturated carbocycles. The van der Waals surface area contributed by atoms with Crippen LogP contribution in [0, 0.1) is 0 Å². The number of aliphatic hydroxyl groups is 3. The van der Waals surface area contributed by atoms with Gasteiger partial charge in [0.05, 0.1) is 31.0 Å². The highest BCUT2D eigenvalue weighted by atomic mass is 16.5. The molecule has 1 atom stereocenters. The average Bonchev–Trinajstić information content (AvgIpc) is 2.84. The van der Waals surface area contributed by atoms with Crippen LogP contribution in [0.25, 0.3) is 0 Å². The highest BCUT2D eigenvalue weighted by molar-refractivity contribution is 4.97. The highest BCUT2D eigenvalue weighted by Gasteiger charge is 2.42. The van der Waals surface area contributed by atoms with Crippen LogP contribution < -0.4 is 5.32 Å². The molecule has 2 fully saturated rings. The fourth-order valence-electron chi connectivity index (χ4n) is 3.24. The van der Waals surface area contributed by atoms with Crippen molar-refractivity contribution in [2.75, 3.05) is 26.4 Å². The van der Waals surface area contributed by atoms with E-state index in [1.54, 1.807) is 0 Å². The van der Waals surface area contributed by atoms with Crippen molar-refractivity contribution in [3.8, 4) is 0 Å². The molecule has 1 spiro atoms. The van der Waals surface area contributed by atoms with Gasteiger partial charge in [-0.25, -0.2) is 0 Å². The lowest BCUT2D eigenvalue weighted by molar-refractivity contribution is -0.0920. The van der Waals surface area contributed by atoms with Gasteiger partial charge in [0.1, 0.15) is 0 Å². The van der Waals surface area contributed by atoms with Crippen LogP contribution in [0.2, 0.25) is 0 Å². The van der Waals surface area contributed by atoms with Crippen LogP contribution in [-0.4, -0.2) is 58.9 Å². The molecule has 0 aromatic carbocycles. The minimum atomic E-state index is -0.970. The van der Waals surface area contributed by atoms with E-state index in [9.17, 15) is 15.3 Å². The van der Waals surface area contributed by atoms with E-state index in [2.05, 4.69) is 5.32 Å². The zero-order valence-electron chi connectivity index (χ0n) is 10.9. The Hall–Kier alpha value is -0.200. The van der Waals surface area contributed by atoms with Crippen LogP contribution in [0.5, 0.6) is 0 Å². The SMILES string of the molecule is OCC(CO)(CO)NC1CCOC2(CCCC2)C1. The summed E-state index contributed by atoms with van der Waals surface area (Å²) in [5, 5.41) is 31.3. The van der Waals surface area contributed by atoms with E-state index in [0.717, 1.165) is 32.3 Å². The van der Waals surface area contributed by atoms with Crippen molar-refractivity contribution in [3.05, 3.63) is 0 Å². The number of nitrogens with one attached hydrogen (secondary N) is 1. The molecule has 1 aliphatic heterocycles. The van der Waals surface area contributed by atoms with Gasteiger partial charge in [0.25, 0.3) is 0 Å². The van der Waals surface area contributed by atoms with E-state index in [1.807, 2.05) is 0 Å². The summed E-state index contributed by atoms with van der Waals surface area (Å²) in [6.07, 6.45) is 6.43. The number of rotatable bonds is 5. The van der Waals surface area contributed by atoms with E-state index in [-0.39, 0.29) is 31.5 Å². The Morgan fingerprint density at radius 3 is 2.28 bits per heavy atom. The largest absolute Gasteiger partial charge is 0.394 e. The van der Waals surface area contributed by atoms with Crippen LogP contribution in [0.3, 0.4) is 0 Å². The van der Waals surface area contributed by atoms with E-state index >= 15 is 0 Å². The van der Waals surface area contributed by atoms with Gasteiger partial charge in [0.2, 0.25) is 0 Å². The van der Waals surface area contributed by atoms with Crippen molar-refractivity contribution >= 4 is 0 Å². The van der Waals surface area contributed by atoms with Crippen molar-refractivity contribution in [2.45, 2.75) is 55.7 Å². The van der Waals surface area contributed by atoms with Gasteiger partial charge in [-0.05, 0) is 25.7 Å². The number of hydrogen-bond donors (Lipinski definition) is 4. The number of hydrogen-bond acceptors (Lipinski definition) is 5. The lowest BCUT2D eigenvalue weighted by Gasteiger charge is -2.42. The predicted octanol–water partition coefficient (Wildman–Crippen LogP) is -0.217. The average molecular weight is 259 g/mol. The summed E-state index contributed by atoms with van der Waals surface area (Å²) in [6, 6.07) is 0.197. The van der Waals surface area contributed by atoms with Gasteiger partial charge < -0.3 is 25.4 Å². The summed E-state index contributed by atoms with van der Waals surface area (Å²) < 4.78 is 5.94. The Kier molecular flexibility index (Phi) is 4.61. The fraction of sp³-hybridized carbons (Fsp3) is 1.00. The Morgan fingerprint density at radius 1 is 1.11 bits per heavy atom. The number of aliphatic hydroxyl groups excluding tert-OH is 3. The van der Waals surface area contributed by atoms with Gasteiger partial charge in [-0.2, -0.15) is 0 Å². The van der Waals surface area contributed by atoms with Gasteiger partial charge >= 0.3 is 0 Å². The molecule has 5 heteroatoms. The third-order valence-corrected chi connectivity index (χ3v) is 4.43. The molecule has 0 radical (unpaired) electrons. The van der Waals surface area contributed by atoms with E-state index < -0.39 is 5.54 Å². The molecule has 0 aromatic rings. The van der Waals surface area contributed by atoms with Gasteiger partial charge in [-0.15, -0.1) is 0 Å². The molecule has 2 aliphatic rings. The standard InChI is InChI=1S/C13H25NO4/c15-8-12(9-16,10-17)14-11-3-6-18-13(7-11)4-1-2-5-13/h11,14-17H,1-10H2. The third-order valence-electron chi connectivity index (χ3n) is 4.43. The third kappa shape index (κ3) is 2.86. The van der Waals surface area contributed by atoms with Gasteiger partial charge in [0, 0.05) is 12.6 Å². The Bertz CT molecular complexity index is 253. The minimum absolute atomic E-state index is 0.00201. The molecule has 1 unspecified atom stereocenters. The first kappa shape index (κ1) is 14.2. The Balaban J connectivity index is 1.96. The van der Waals surface area contributed by atoms with Crippen LogP contribution in [0.4, 0.5) is 0 Å². The summed E-state index contributed by atoms with van der Waals surface area (Å²) in [7, 11) is 0. The maximum absolute atomic E-state index is 9.35. The monoisotopic (exact) mass is 259 g/mol. The second-order valence-electron chi connectivity index (χ2n) is 5.83. The molecule has 1 heterocycles. The van der Waals surface area contributed by atoms with Gasteiger partial charge in [-0.1, -0.05) is 12.8 Å². The molecular weight excluding hydrogens is 234 g/mol. The van der Waals surface area contributed by atoms with E-state index in [0.29, 0.717) is 0 Å². The molecule has 0 bridgehead atoms. The lowest BCUT2D eigenvalue weighted by Crippen LogP contribution is -2.60. The molecular formula is C13H25NO4. The summed E-state index contributed by atoms with van der Waals surface area (Å²) >= 11 is 0. The Morgan fingerprint density at radius 2 is 1.72 bits per heavy atom. The molecule has 2 rings (SSSR count). The van der Waals surface area contributed by atoms with Gasteiger partial charge in [0.15, 0.2) is 0 Å². The summed E-state index contributed by atoms with van der Waals surface area (Å²) in [5.74, 6) is 0. The molecule has 0 amide bonds. The van der Waals surface area contributed by atoms with Crippen molar-refractivity contribution in [1.29, 1.82) is 0 Å². The molecule has 18 heavy (non-hydrogen) atoms. The molecule has 1 saturated heterocycles. The highest BCUT2D eigenvalue weighted by Crippen LogP contribution is 2.40. The maximum Gasteiger partial charge on any atom is 0.0883 e.